The number of nitrogens with zero attached hydrogens (tertiary/aromatic N) is 5. The highest BCUT2D eigenvalue weighted by atomic mass is 19.1. The van der Waals surface area contributed by atoms with E-state index in [1.807, 2.05) is 12.3 Å². The van der Waals surface area contributed by atoms with Gasteiger partial charge in [0.25, 0.3) is 0 Å². The minimum absolute atomic E-state index is 0.0562. The molecular weight excluding hydrogens is 469 g/mol. The molecule has 7 nitrogen and oxygen atoms in total. The Hall–Kier alpha value is -2.97. The summed E-state index contributed by atoms with van der Waals surface area (Å²) in [6, 6.07) is 6.32. The number of ether oxygens (including phenoxy) is 1. The van der Waals surface area contributed by atoms with Crippen molar-refractivity contribution in [2.75, 3.05) is 26.3 Å². The summed E-state index contributed by atoms with van der Waals surface area (Å²) >= 11 is 0. The van der Waals surface area contributed by atoms with E-state index in [0.29, 0.717) is 29.1 Å². The van der Waals surface area contributed by atoms with E-state index in [-0.39, 0.29) is 18.0 Å². The number of aromatic nitrogens is 4. The number of halogens is 1. The lowest BCUT2D eigenvalue weighted by Gasteiger charge is -2.38. The van der Waals surface area contributed by atoms with Crippen LogP contribution in [0.25, 0.3) is 5.82 Å². The fourth-order valence-corrected chi connectivity index (χ4v) is 5.88. The van der Waals surface area contributed by atoms with Gasteiger partial charge in [-0.25, -0.2) is 14.1 Å². The van der Waals surface area contributed by atoms with Crippen LogP contribution in [0, 0.1) is 12.7 Å². The zero-order valence-corrected chi connectivity index (χ0v) is 21.4. The van der Waals surface area contributed by atoms with Gasteiger partial charge < -0.3 is 4.74 Å². The second-order valence-corrected chi connectivity index (χ2v) is 10.7. The molecule has 3 aliphatic rings. The lowest BCUT2D eigenvalue weighted by atomic mass is 9.83. The van der Waals surface area contributed by atoms with Gasteiger partial charge in [0.2, 0.25) is 0 Å². The van der Waals surface area contributed by atoms with Crippen molar-refractivity contribution >= 4 is 5.78 Å². The van der Waals surface area contributed by atoms with Gasteiger partial charge in [0, 0.05) is 49.6 Å². The van der Waals surface area contributed by atoms with Crippen molar-refractivity contribution in [3.63, 3.8) is 0 Å². The van der Waals surface area contributed by atoms with Crippen LogP contribution in [0.15, 0.2) is 36.8 Å². The smallest absolute Gasteiger partial charge is 0.189 e. The first kappa shape index (κ1) is 24.4. The number of Topliss-reactive ketones (excluding diaryl/α,β-unsaturated/α-hetero) is 1. The fourth-order valence-electron chi connectivity index (χ4n) is 5.88. The molecule has 0 spiro atoms. The summed E-state index contributed by atoms with van der Waals surface area (Å²) in [7, 11) is 0. The monoisotopic (exact) mass is 503 g/mol. The highest BCUT2D eigenvalue weighted by Crippen LogP contribution is 2.40. The number of rotatable bonds is 7. The largest absolute Gasteiger partial charge is 0.379 e. The highest BCUT2D eigenvalue weighted by Gasteiger charge is 2.28. The number of pyridine rings is 2. The normalized spacial score (nSPS) is 22.8. The van der Waals surface area contributed by atoms with Gasteiger partial charge in [-0.05, 0) is 74.6 Å². The zero-order chi connectivity index (χ0) is 25.4. The van der Waals surface area contributed by atoms with E-state index in [2.05, 4.69) is 21.0 Å². The number of morpholine rings is 1. The Balaban J connectivity index is 1.07. The molecule has 0 aromatic carbocycles. The molecule has 4 heterocycles. The summed E-state index contributed by atoms with van der Waals surface area (Å²) in [6.07, 6.45) is 12.2. The van der Waals surface area contributed by atoms with Crippen LogP contribution in [0.5, 0.6) is 0 Å². The maximum absolute atomic E-state index is 14.7. The van der Waals surface area contributed by atoms with Gasteiger partial charge in [-0.3, -0.25) is 14.7 Å². The number of carbonyl (C=O) groups excluding carboxylic acids is 1. The molecule has 3 fully saturated rings. The summed E-state index contributed by atoms with van der Waals surface area (Å²) in [5.41, 5.74) is 4.01. The average Bonchev–Trinajstić information content (AvgIpc) is 3.72. The molecule has 0 radical (unpaired) electrons. The van der Waals surface area contributed by atoms with Crippen molar-refractivity contribution in [3.8, 4) is 5.82 Å². The third-order valence-electron chi connectivity index (χ3n) is 8.29. The SMILES string of the molecule is Cc1c(C(=O)Cc2ccc(C3CCC(N4CCOCC4)CC3)nc2)cnn1-c1ncc(C2CC2)cc1F. The van der Waals surface area contributed by atoms with E-state index in [1.54, 1.807) is 19.2 Å². The molecule has 0 N–H and O–H groups in total. The Morgan fingerprint density at radius 1 is 1.00 bits per heavy atom. The molecule has 194 valence electrons. The molecule has 3 aromatic rings. The van der Waals surface area contributed by atoms with Crippen molar-refractivity contribution in [2.45, 2.75) is 69.7 Å². The Labute approximate surface area is 217 Å². The number of ketones is 1. The lowest BCUT2D eigenvalue weighted by molar-refractivity contribution is 0.00721. The number of hydrogen-bond acceptors (Lipinski definition) is 6. The second-order valence-electron chi connectivity index (χ2n) is 10.7. The van der Waals surface area contributed by atoms with Gasteiger partial charge in [0.1, 0.15) is 0 Å². The summed E-state index contributed by atoms with van der Waals surface area (Å²) < 4.78 is 21.7. The second kappa shape index (κ2) is 10.4. The maximum atomic E-state index is 14.7. The highest BCUT2D eigenvalue weighted by molar-refractivity contribution is 5.98. The van der Waals surface area contributed by atoms with E-state index >= 15 is 0 Å². The van der Waals surface area contributed by atoms with E-state index in [1.165, 1.54) is 23.7 Å². The van der Waals surface area contributed by atoms with Crippen molar-refractivity contribution < 1.29 is 13.9 Å². The first-order valence-corrected chi connectivity index (χ1v) is 13.6. The standard InChI is InChI=1S/C29H34FN5O2/c1-19-25(18-33-35(19)29-26(30)15-23(17-32-29)21-3-4-21)28(36)14-20-2-9-27(31-16-20)22-5-7-24(8-6-22)34-10-12-37-13-11-34/h2,9,15-18,21-22,24H,3-8,10-14H2,1H3. The van der Waals surface area contributed by atoms with Gasteiger partial charge >= 0.3 is 0 Å². The van der Waals surface area contributed by atoms with Crippen LogP contribution in [0.1, 0.15) is 83.2 Å². The Bertz CT molecular complexity index is 1260. The van der Waals surface area contributed by atoms with Gasteiger partial charge in [-0.2, -0.15) is 5.10 Å². The quantitative estimate of drug-likeness (QED) is 0.433. The predicted molar refractivity (Wildman–Crippen MR) is 138 cm³/mol. The number of hydrogen-bond donors (Lipinski definition) is 0. The number of carbonyl (C=O) groups is 1. The Kier molecular flexibility index (Phi) is 6.86. The molecule has 0 atom stereocenters. The van der Waals surface area contributed by atoms with Crippen LogP contribution in [-0.4, -0.2) is 62.8 Å². The maximum Gasteiger partial charge on any atom is 0.189 e. The molecule has 6 rings (SSSR count). The topological polar surface area (TPSA) is 73.1 Å². The van der Waals surface area contributed by atoms with Crippen molar-refractivity contribution in [3.05, 3.63) is 70.7 Å². The molecule has 0 unspecified atom stereocenters. The zero-order valence-electron chi connectivity index (χ0n) is 21.4. The summed E-state index contributed by atoms with van der Waals surface area (Å²) in [4.78, 5) is 24.7. The molecule has 3 aromatic heterocycles. The van der Waals surface area contributed by atoms with Crippen LogP contribution in [0.3, 0.4) is 0 Å². The van der Waals surface area contributed by atoms with Crippen LogP contribution < -0.4 is 0 Å². The van der Waals surface area contributed by atoms with E-state index < -0.39 is 5.82 Å². The van der Waals surface area contributed by atoms with Gasteiger partial charge in [-0.1, -0.05) is 6.07 Å². The third-order valence-corrected chi connectivity index (χ3v) is 8.29. The van der Waals surface area contributed by atoms with Crippen LogP contribution in [0.2, 0.25) is 0 Å². The van der Waals surface area contributed by atoms with Gasteiger partial charge in [-0.15, -0.1) is 0 Å². The molecule has 37 heavy (non-hydrogen) atoms. The summed E-state index contributed by atoms with van der Waals surface area (Å²) in [6.45, 7) is 5.58. The molecule has 1 saturated heterocycles. The molecule has 2 aliphatic carbocycles. The van der Waals surface area contributed by atoms with Gasteiger partial charge in [0.15, 0.2) is 17.4 Å². The molecule has 0 bridgehead atoms. The minimum Gasteiger partial charge on any atom is -0.379 e. The van der Waals surface area contributed by atoms with Crippen LogP contribution >= 0.6 is 0 Å². The van der Waals surface area contributed by atoms with Crippen molar-refractivity contribution in [1.82, 2.24) is 24.6 Å². The first-order chi connectivity index (χ1) is 18.1. The average molecular weight is 504 g/mol. The van der Waals surface area contributed by atoms with E-state index in [4.69, 9.17) is 9.72 Å². The predicted octanol–water partition coefficient (Wildman–Crippen LogP) is 4.77. The van der Waals surface area contributed by atoms with Crippen molar-refractivity contribution in [2.24, 2.45) is 0 Å². The van der Waals surface area contributed by atoms with Crippen molar-refractivity contribution in [1.29, 1.82) is 0 Å². The third kappa shape index (κ3) is 5.22. The fraction of sp³-hybridized carbons (Fsp3) is 0.517. The summed E-state index contributed by atoms with van der Waals surface area (Å²) in [5, 5.41) is 4.28. The Morgan fingerprint density at radius 2 is 1.76 bits per heavy atom. The minimum atomic E-state index is -0.409. The summed E-state index contributed by atoms with van der Waals surface area (Å²) in [5.74, 6) is 0.580. The Morgan fingerprint density at radius 3 is 2.43 bits per heavy atom. The molecule has 1 aliphatic heterocycles. The molecule has 2 saturated carbocycles. The first-order valence-electron chi connectivity index (χ1n) is 13.6. The molecule has 8 heteroatoms. The lowest BCUT2D eigenvalue weighted by Crippen LogP contribution is -2.44. The van der Waals surface area contributed by atoms with E-state index in [9.17, 15) is 9.18 Å². The molecule has 0 amide bonds. The van der Waals surface area contributed by atoms with Crippen LogP contribution in [-0.2, 0) is 11.2 Å². The van der Waals surface area contributed by atoms with Gasteiger partial charge in [0.05, 0.1) is 30.7 Å². The molecular formula is C29H34FN5O2. The van der Waals surface area contributed by atoms with Crippen LogP contribution in [0.4, 0.5) is 4.39 Å². The van der Waals surface area contributed by atoms with E-state index in [0.717, 1.165) is 68.8 Å².